The van der Waals surface area contributed by atoms with E-state index in [0.717, 1.165) is 11.1 Å². The molecule has 1 amide bonds. The number of allylic oxidation sites excluding steroid dienone is 1. The van der Waals surface area contributed by atoms with E-state index >= 15 is 0 Å². The van der Waals surface area contributed by atoms with Crippen LogP contribution in [0.15, 0.2) is 65.2 Å². The number of methoxy groups -OCH3 is 1. The normalized spacial score (nSPS) is 19.0. The molecule has 1 N–H and O–H groups in total. The number of carbonyl (C=O) groups is 2. The van der Waals surface area contributed by atoms with E-state index in [1.54, 1.807) is 0 Å². The molecule has 1 aliphatic heterocycles. The molecule has 3 rings (SSSR count). The number of hydrogen-bond acceptors (Lipinski definition) is 5. The van der Waals surface area contributed by atoms with Crippen LogP contribution in [0, 0.1) is 24.2 Å². The lowest BCUT2D eigenvalue weighted by Gasteiger charge is -2.31. The molecule has 5 nitrogen and oxygen atoms in total. The van der Waals surface area contributed by atoms with Crippen molar-refractivity contribution in [3.63, 3.8) is 0 Å². The predicted molar refractivity (Wildman–Crippen MR) is 108 cm³/mol. The van der Waals surface area contributed by atoms with Crippen molar-refractivity contribution >= 4 is 23.6 Å². The molecule has 0 unspecified atom stereocenters. The van der Waals surface area contributed by atoms with Crippen molar-refractivity contribution in [3.8, 4) is 6.07 Å². The van der Waals surface area contributed by atoms with Crippen molar-refractivity contribution in [1.29, 1.82) is 5.26 Å². The summed E-state index contributed by atoms with van der Waals surface area (Å²) in [7, 11) is 1.25. The number of benzene rings is 2. The van der Waals surface area contributed by atoms with Crippen molar-refractivity contribution < 1.29 is 14.3 Å². The summed E-state index contributed by atoms with van der Waals surface area (Å²) >= 11 is 1.39. The van der Waals surface area contributed by atoms with Crippen molar-refractivity contribution in [2.75, 3.05) is 7.11 Å². The summed E-state index contributed by atoms with van der Waals surface area (Å²) in [6.07, 6.45) is 0. The first-order valence-corrected chi connectivity index (χ1v) is 9.80. The lowest BCUT2D eigenvalue weighted by molar-refractivity contribution is -0.150. The van der Waals surface area contributed by atoms with Gasteiger partial charge >= 0.3 is 5.97 Å². The number of carbonyl (C=O) groups excluding carboxylic acids is 2. The maximum atomic E-state index is 12.7. The molecule has 0 radical (unpaired) electrons. The quantitative estimate of drug-likeness (QED) is 0.620. The molecule has 1 heterocycles. The zero-order chi connectivity index (χ0) is 20.1. The molecule has 142 valence electrons. The Hall–Kier alpha value is -3.04. The fourth-order valence-electron chi connectivity index (χ4n) is 3.18. The average molecular weight is 392 g/mol. The van der Waals surface area contributed by atoms with E-state index < -0.39 is 23.7 Å². The first-order chi connectivity index (χ1) is 13.5. The second-order valence-electron chi connectivity index (χ2n) is 6.51. The van der Waals surface area contributed by atoms with E-state index in [0.29, 0.717) is 16.4 Å². The van der Waals surface area contributed by atoms with Crippen LogP contribution in [0.2, 0.25) is 0 Å². The molecule has 28 heavy (non-hydrogen) atoms. The molecular weight excluding hydrogens is 372 g/mol. The van der Waals surface area contributed by atoms with Gasteiger partial charge in [0.25, 0.3) is 0 Å². The summed E-state index contributed by atoms with van der Waals surface area (Å²) < 4.78 is 4.84. The lowest BCUT2D eigenvalue weighted by atomic mass is 9.78. The zero-order valence-electron chi connectivity index (χ0n) is 15.6. The van der Waals surface area contributed by atoms with Gasteiger partial charge in [-0.05, 0) is 18.1 Å². The minimum Gasteiger partial charge on any atom is -0.468 e. The van der Waals surface area contributed by atoms with Crippen LogP contribution in [-0.4, -0.2) is 19.0 Å². The maximum absolute atomic E-state index is 12.7. The van der Waals surface area contributed by atoms with Gasteiger partial charge in [0.15, 0.2) is 0 Å². The molecule has 0 spiro atoms. The van der Waals surface area contributed by atoms with Crippen LogP contribution < -0.4 is 5.32 Å². The Labute approximate surface area is 168 Å². The highest BCUT2D eigenvalue weighted by atomic mass is 32.2. The van der Waals surface area contributed by atoms with E-state index in [4.69, 9.17) is 4.74 Å². The van der Waals surface area contributed by atoms with Crippen LogP contribution in [0.3, 0.4) is 0 Å². The highest BCUT2D eigenvalue weighted by Gasteiger charge is 2.44. The predicted octanol–water partition coefficient (Wildman–Crippen LogP) is 3.67. The van der Waals surface area contributed by atoms with Gasteiger partial charge in [-0.25, -0.2) is 0 Å². The first kappa shape index (κ1) is 19.7. The van der Waals surface area contributed by atoms with Gasteiger partial charge in [0.2, 0.25) is 5.91 Å². The van der Waals surface area contributed by atoms with E-state index in [-0.39, 0.29) is 0 Å². The lowest BCUT2D eigenvalue weighted by Crippen LogP contribution is -2.44. The Morgan fingerprint density at radius 2 is 1.86 bits per heavy atom. The topological polar surface area (TPSA) is 79.2 Å². The number of ether oxygens (including phenoxy) is 1. The second kappa shape index (κ2) is 8.77. The van der Waals surface area contributed by atoms with Crippen LogP contribution in [-0.2, 0) is 20.1 Å². The fourth-order valence-corrected chi connectivity index (χ4v) is 4.18. The zero-order valence-corrected chi connectivity index (χ0v) is 16.5. The van der Waals surface area contributed by atoms with Gasteiger partial charge in [-0.2, -0.15) is 5.26 Å². The number of hydrogen-bond donors (Lipinski definition) is 1. The third kappa shape index (κ3) is 4.10. The van der Waals surface area contributed by atoms with E-state index in [2.05, 4.69) is 11.4 Å². The number of nitriles is 1. The van der Waals surface area contributed by atoms with Gasteiger partial charge in [-0.3, -0.25) is 9.59 Å². The molecule has 1 aliphatic rings. The average Bonchev–Trinajstić information content (AvgIpc) is 2.72. The Kier molecular flexibility index (Phi) is 6.17. The van der Waals surface area contributed by atoms with Gasteiger partial charge in [0.1, 0.15) is 5.92 Å². The number of thioether (sulfide) groups is 1. The van der Waals surface area contributed by atoms with Crippen molar-refractivity contribution in [2.24, 2.45) is 5.92 Å². The van der Waals surface area contributed by atoms with Crippen LogP contribution in [0.25, 0.3) is 0 Å². The fraction of sp³-hybridized carbons (Fsp3) is 0.227. The Morgan fingerprint density at radius 1 is 1.18 bits per heavy atom. The number of aryl methyl sites for hydroxylation is 1. The standard InChI is InChI=1S/C22H20N2O3S/c1-14-8-10-15(11-9-14)13-28-21-17(12-23)18(16-6-4-3-5-7-16)19(20(25)24-21)22(26)27-2/h3-11,18-19H,13H2,1-2H3,(H,24,25)/t18-,19-/m1/s1. The molecule has 0 fully saturated rings. The molecule has 0 saturated carbocycles. The summed E-state index contributed by atoms with van der Waals surface area (Å²) in [6.45, 7) is 2.02. The summed E-state index contributed by atoms with van der Waals surface area (Å²) in [5, 5.41) is 13.1. The van der Waals surface area contributed by atoms with Gasteiger partial charge in [0, 0.05) is 11.7 Å². The molecule has 2 atom stereocenters. The number of amides is 1. The molecule has 0 aromatic heterocycles. The number of nitrogens with one attached hydrogen (secondary N) is 1. The highest BCUT2D eigenvalue weighted by molar-refractivity contribution is 8.02. The molecule has 0 saturated heterocycles. The molecule has 6 heteroatoms. The minimum absolute atomic E-state index is 0.373. The third-order valence-electron chi connectivity index (χ3n) is 4.65. The second-order valence-corrected chi connectivity index (χ2v) is 7.49. The highest BCUT2D eigenvalue weighted by Crippen LogP contribution is 2.40. The first-order valence-electron chi connectivity index (χ1n) is 8.81. The molecule has 0 bridgehead atoms. The Morgan fingerprint density at radius 3 is 2.46 bits per heavy atom. The third-order valence-corrected chi connectivity index (χ3v) is 5.73. The maximum Gasteiger partial charge on any atom is 0.319 e. The van der Waals surface area contributed by atoms with Crippen LogP contribution >= 0.6 is 11.8 Å². The van der Waals surface area contributed by atoms with Crippen molar-refractivity contribution in [2.45, 2.75) is 18.6 Å². The van der Waals surface area contributed by atoms with Gasteiger partial charge in [-0.15, -0.1) is 11.8 Å². The smallest absolute Gasteiger partial charge is 0.319 e. The largest absolute Gasteiger partial charge is 0.468 e. The number of esters is 1. The molecule has 0 aliphatic carbocycles. The van der Waals surface area contributed by atoms with Gasteiger partial charge in [0.05, 0.1) is 23.8 Å². The van der Waals surface area contributed by atoms with E-state index in [1.807, 2.05) is 61.5 Å². The van der Waals surface area contributed by atoms with Crippen LogP contribution in [0.1, 0.15) is 22.6 Å². The van der Waals surface area contributed by atoms with Crippen LogP contribution in [0.4, 0.5) is 0 Å². The van der Waals surface area contributed by atoms with E-state index in [9.17, 15) is 14.9 Å². The van der Waals surface area contributed by atoms with Gasteiger partial charge in [-0.1, -0.05) is 60.2 Å². The number of rotatable bonds is 5. The van der Waals surface area contributed by atoms with E-state index in [1.165, 1.54) is 24.4 Å². The monoisotopic (exact) mass is 392 g/mol. The van der Waals surface area contributed by atoms with Crippen molar-refractivity contribution in [3.05, 3.63) is 81.9 Å². The SMILES string of the molecule is COC(=O)[C@H]1C(=O)NC(SCc2ccc(C)cc2)=C(C#N)[C@H]1c1ccccc1. The molecular formula is C22H20N2O3S. The number of nitrogens with zero attached hydrogens (tertiary/aromatic N) is 1. The van der Waals surface area contributed by atoms with Crippen molar-refractivity contribution in [1.82, 2.24) is 5.32 Å². The van der Waals surface area contributed by atoms with Gasteiger partial charge < -0.3 is 10.1 Å². The molecule has 2 aromatic carbocycles. The Bertz CT molecular complexity index is 946. The summed E-state index contributed by atoms with van der Waals surface area (Å²) in [6, 6.07) is 19.4. The van der Waals surface area contributed by atoms with Crippen LogP contribution in [0.5, 0.6) is 0 Å². The summed E-state index contributed by atoms with van der Waals surface area (Å²) in [5.74, 6) is -2.27. The Balaban J connectivity index is 1.98. The summed E-state index contributed by atoms with van der Waals surface area (Å²) in [5.41, 5.74) is 3.36. The molecule has 2 aromatic rings. The summed E-state index contributed by atoms with van der Waals surface area (Å²) in [4.78, 5) is 25.1. The minimum atomic E-state index is -1.09.